The molecule has 80 valence electrons. The average Bonchev–Trinajstić information content (AvgIpc) is 2.25. The molecule has 0 nitrogen and oxygen atoms in total. The van der Waals surface area contributed by atoms with Gasteiger partial charge in [-0.3, -0.25) is 0 Å². The topological polar surface area (TPSA) is 0 Å². The van der Waals surface area contributed by atoms with Gasteiger partial charge in [-0.25, -0.2) is 0 Å². The fourth-order valence-electron chi connectivity index (χ4n) is 2.91. The summed E-state index contributed by atoms with van der Waals surface area (Å²) < 4.78 is 2.88. The third kappa shape index (κ3) is 5.02. The van der Waals surface area contributed by atoms with E-state index < -0.39 is 0 Å². The summed E-state index contributed by atoms with van der Waals surface area (Å²) in [4.78, 5) is 0. The molecule has 0 saturated heterocycles. The molecule has 1 fully saturated rings. The molecule has 0 heterocycles. The van der Waals surface area contributed by atoms with Crippen molar-refractivity contribution >= 4 is 20.4 Å². The van der Waals surface area contributed by atoms with E-state index in [0.29, 0.717) is 0 Å². The average molecular weight is 207 g/mol. The number of hydrogen-bond donors (Lipinski definition) is 0. The summed E-state index contributed by atoms with van der Waals surface area (Å²) in [6.45, 7) is 4.72. The SMILES string of the molecule is CCCC(CC)[CH2][Mg][CH]1CCCCC1. The third-order valence-corrected chi connectivity index (χ3v) is 6.77. The Kier molecular flexibility index (Phi) is 7.32. The molecule has 0 spiro atoms. The van der Waals surface area contributed by atoms with E-state index in [2.05, 4.69) is 13.8 Å². The van der Waals surface area contributed by atoms with E-state index in [1.807, 2.05) is 0 Å². The predicted octanol–water partition coefficient (Wildman–Crippen LogP) is 4.69. The van der Waals surface area contributed by atoms with Gasteiger partial charge in [0.05, 0.1) is 0 Å². The van der Waals surface area contributed by atoms with Crippen LogP contribution in [-0.2, 0) is 0 Å². The minimum atomic E-state index is 0.287. The largest absolute Gasteiger partial charge is 0.369 e. The Labute approximate surface area is 100.0 Å². The van der Waals surface area contributed by atoms with Gasteiger partial charge in [0.15, 0.2) is 0 Å². The molecule has 14 heavy (non-hydrogen) atoms. The molecular weight excluding hydrogens is 180 g/mol. The van der Waals surface area contributed by atoms with Crippen LogP contribution in [0.1, 0.15) is 65.2 Å². The lowest BCUT2D eigenvalue weighted by Gasteiger charge is -2.23. The van der Waals surface area contributed by atoms with Crippen molar-refractivity contribution in [3.8, 4) is 0 Å². The molecule has 0 aromatic rings. The van der Waals surface area contributed by atoms with E-state index >= 15 is 0 Å². The first-order valence-electron chi connectivity index (χ1n) is 6.86. The zero-order chi connectivity index (χ0) is 10.2. The van der Waals surface area contributed by atoms with Crippen LogP contribution < -0.4 is 0 Å². The van der Waals surface area contributed by atoms with Gasteiger partial charge < -0.3 is 0 Å². The van der Waals surface area contributed by atoms with Crippen LogP contribution in [-0.4, -0.2) is 20.4 Å². The van der Waals surface area contributed by atoms with Crippen molar-refractivity contribution in [1.82, 2.24) is 0 Å². The maximum Gasteiger partial charge on any atom is 0.369 e. The van der Waals surface area contributed by atoms with Gasteiger partial charge >= 0.3 is 20.4 Å². The molecule has 1 unspecified atom stereocenters. The van der Waals surface area contributed by atoms with Crippen molar-refractivity contribution in [3.63, 3.8) is 0 Å². The second-order valence-electron chi connectivity index (χ2n) is 5.14. The molecular formula is C13H26Mg. The van der Waals surface area contributed by atoms with Crippen LogP contribution in [0.4, 0.5) is 0 Å². The molecule has 0 aromatic heterocycles. The smallest absolute Gasteiger partial charge is 0.143 e. The summed E-state index contributed by atoms with van der Waals surface area (Å²) in [6, 6.07) is 0. The zero-order valence-electron chi connectivity index (χ0n) is 10.2. The molecule has 1 heteroatoms. The van der Waals surface area contributed by atoms with Gasteiger partial charge in [0.25, 0.3) is 0 Å². The summed E-state index contributed by atoms with van der Waals surface area (Å²) >= 11 is 0.287. The van der Waals surface area contributed by atoms with E-state index in [0.717, 1.165) is 5.92 Å². The molecule has 1 atom stereocenters. The Hall–Kier alpha value is 0.766. The fourth-order valence-corrected chi connectivity index (χ4v) is 5.70. The first kappa shape index (κ1) is 12.8. The zero-order valence-corrected chi connectivity index (χ0v) is 11.6. The third-order valence-electron chi connectivity index (χ3n) is 3.98. The molecule has 0 aliphatic heterocycles. The van der Waals surface area contributed by atoms with Gasteiger partial charge in [-0.05, 0) is 0 Å². The van der Waals surface area contributed by atoms with Gasteiger partial charge in [0.2, 0.25) is 0 Å². The van der Waals surface area contributed by atoms with Crippen LogP contribution >= 0.6 is 0 Å². The van der Waals surface area contributed by atoms with Crippen LogP contribution in [0.3, 0.4) is 0 Å². The summed E-state index contributed by atoms with van der Waals surface area (Å²) in [5.41, 5.74) is 0. The monoisotopic (exact) mass is 206 g/mol. The lowest BCUT2D eigenvalue weighted by molar-refractivity contribution is 0.480. The molecule has 0 amide bonds. The summed E-state index contributed by atoms with van der Waals surface area (Å²) in [7, 11) is 0. The molecule has 0 N–H and O–H groups in total. The van der Waals surface area contributed by atoms with Crippen molar-refractivity contribution in [2.45, 2.75) is 73.8 Å². The Bertz CT molecular complexity index is 122. The van der Waals surface area contributed by atoms with Crippen LogP contribution in [0.5, 0.6) is 0 Å². The summed E-state index contributed by atoms with van der Waals surface area (Å²) in [6.07, 6.45) is 12.1. The molecule has 0 aromatic carbocycles. The van der Waals surface area contributed by atoms with E-state index in [-0.39, 0.29) is 20.4 Å². The minimum Gasteiger partial charge on any atom is -0.143 e. The van der Waals surface area contributed by atoms with Crippen LogP contribution in [0.25, 0.3) is 0 Å². The van der Waals surface area contributed by atoms with Crippen LogP contribution in [0.2, 0.25) is 8.60 Å². The predicted molar refractivity (Wildman–Crippen MR) is 66.1 cm³/mol. The van der Waals surface area contributed by atoms with E-state index in [9.17, 15) is 0 Å². The van der Waals surface area contributed by atoms with Crippen molar-refractivity contribution in [2.24, 2.45) is 5.92 Å². The van der Waals surface area contributed by atoms with Crippen molar-refractivity contribution in [3.05, 3.63) is 0 Å². The summed E-state index contributed by atoms with van der Waals surface area (Å²) in [5.74, 6) is 1.09. The normalized spacial score (nSPS) is 20.4. The fraction of sp³-hybridized carbons (Fsp3) is 1.00. The molecule has 1 aliphatic rings. The van der Waals surface area contributed by atoms with Crippen LogP contribution in [0.15, 0.2) is 0 Å². The highest BCUT2D eigenvalue weighted by molar-refractivity contribution is 6.37. The molecule has 1 rings (SSSR count). The van der Waals surface area contributed by atoms with E-state index in [1.165, 1.54) is 29.7 Å². The lowest BCUT2D eigenvalue weighted by Crippen LogP contribution is -2.12. The highest BCUT2D eigenvalue weighted by atomic mass is 24.5. The number of rotatable bonds is 6. The van der Waals surface area contributed by atoms with Gasteiger partial charge in [-0.15, -0.1) is 8.60 Å². The Morgan fingerprint density at radius 2 is 1.86 bits per heavy atom. The second-order valence-corrected chi connectivity index (χ2v) is 7.45. The Morgan fingerprint density at radius 3 is 2.43 bits per heavy atom. The molecule has 0 bridgehead atoms. The maximum absolute atomic E-state index is 2.38. The molecule has 1 saturated carbocycles. The van der Waals surface area contributed by atoms with Gasteiger partial charge in [-0.2, -0.15) is 0 Å². The van der Waals surface area contributed by atoms with Gasteiger partial charge in [0, 0.05) is 0 Å². The Balaban J connectivity index is 2.10. The maximum atomic E-state index is 2.38. The van der Waals surface area contributed by atoms with Crippen molar-refractivity contribution in [1.29, 1.82) is 0 Å². The number of hydrogen-bond acceptors (Lipinski definition) is 0. The van der Waals surface area contributed by atoms with E-state index in [1.54, 1.807) is 30.2 Å². The van der Waals surface area contributed by atoms with E-state index in [4.69, 9.17) is 0 Å². The minimum absolute atomic E-state index is 0.287. The second kappa shape index (κ2) is 7.98. The first-order valence-corrected chi connectivity index (χ1v) is 8.68. The quantitative estimate of drug-likeness (QED) is 0.553. The molecule has 0 radical (unpaired) electrons. The Morgan fingerprint density at radius 1 is 1.14 bits per heavy atom. The lowest BCUT2D eigenvalue weighted by atomic mass is 10.00. The highest BCUT2D eigenvalue weighted by Gasteiger charge is 2.17. The van der Waals surface area contributed by atoms with Crippen molar-refractivity contribution in [2.75, 3.05) is 0 Å². The van der Waals surface area contributed by atoms with Gasteiger partial charge in [-0.1, -0.05) is 71.1 Å². The van der Waals surface area contributed by atoms with Crippen LogP contribution in [0, 0.1) is 5.92 Å². The highest BCUT2D eigenvalue weighted by Crippen LogP contribution is 2.30. The first-order chi connectivity index (χ1) is 6.86. The summed E-state index contributed by atoms with van der Waals surface area (Å²) in [5, 5.41) is 0. The van der Waals surface area contributed by atoms with Crippen molar-refractivity contribution < 1.29 is 0 Å². The standard InChI is InChI=1S/C7H15.C6H11.Mg/c1-4-6-7(3)5-2;1-2-4-6-5-3-1;/h7H,3-6H2,1-2H3;1H,2-6H2;. The van der Waals surface area contributed by atoms with Gasteiger partial charge in [0.1, 0.15) is 0 Å². The molecule has 1 aliphatic carbocycles.